The largest absolute Gasteiger partial charge is 0.340 e. The lowest BCUT2D eigenvalue weighted by molar-refractivity contribution is 0.590. The molecule has 2 N–H and O–H groups in total. The number of benzene rings is 2. The number of halogens is 1. The minimum atomic E-state index is -0.235. The molecule has 3 aromatic heterocycles. The first kappa shape index (κ1) is 15.5. The van der Waals surface area contributed by atoms with Crippen LogP contribution < -0.4 is 5.32 Å². The number of hydrogen-bond donors (Lipinski definition) is 2. The predicted octanol–water partition coefficient (Wildman–Crippen LogP) is 4.24. The summed E-state index contributed by atoms with van der Waals surface area (Å²) in [5.41, 5.74) is 3.33. The number of anilines is 2. The molecule has 0 atom stereocenters. The maximum atomic E-state index is 14.0. The van der Waals surface area contributed by atoms with Crippen molar-refractivity contribution in [2.75, 3.05) is 5.32 Å². The first-order chi connectivity index (χ1) is 13.3. The second-order valence-corrected chi connectivity index (χ2v) is 6.32. The van der Waals surface area contributed by atoms with Crippen molar-refractivity contribution in [1.82, 2.24) is 25.0 Å². The monoisotopic (exact) mass is 358 g/mol. The van der Waals surface area contributed by atoms with Gasteiger partial charge in [-0.25, -0.2) is 9.37 Å². The molecule has 0 amide bonds. The summed E-state index contributed by atoms with van der Waals surface area (Å²) in [6, 6.07) is 14.6. The first-order valence-corrected chi connectivity index (χ1v) is 8.51. The van der Waals surface area contributed by atoms with Crippen LogP contribution in [0.15, 0.2) is 67.1 Å². The van der Waals surface area contributed by atoms with E-state index in [0.717, 1.165) is 27.5 Å². The van der Waals surface area contributed by atoms with Crippen LogP contribution >= 0.6 is 0 Å². The Kier molecular flexibility index (Phi) is 3.57. The fourth-order valence-electron chi connectivity index (χ4n) is 3.12. The van der Waals surface area contributed by atoms with E-state index in [2.05, 4.69) is 25.6 Å². The van der Waals surface area contributed by atoms with E-state index in [1.165, 1.54) is 6.07 Å². The Bertz CT molecular complexity index is 1260. The smallest absolute Gasteiger partial charge is 0.132 e. The lowest BCUT2D eigenvalue weighted by Crippen LogP contribution is -2.04. The van der Waals surface area contributed by atoms with E-state index >= 15 is 0 Å². The summed E-state index contributed by atoms with van der Waals surface area (Å²) in [6.45, 7) is 0.361. The Morgan fingerprint density at radius 1 is 1.00 bits per heavy atom. The van der Waals surface area contributed by atoms with Crippen LogP contribution in [0.5, 0.6) is 0 Å². The maximum absolute atomic E-state index is 14.0. The van der Waals surface area contributed by atoms with Crippen LogP contribution in [-0.2, 0) is 6.54 Å². The first-order valence-electron chi connectivity index (χ1n) is 8.51. The molecule has 2 aromatic carbocycles. The average Bonchev–Trinajstić information content (AvgIpc) is 3.30. The number of aromatic nitrogens is 5. The summed E-state index contributed by atoms with van der Waals surface area (Å²) in [5.74, 6) is 0.457. The van der Waals surface area contributed by atoms with E-state index in [4.69, 9.17) is 0 Å². The number of nitrogens with one attached hydrogen (secondary N) is 2. The van der Waals surface area contributed by atoms with E-state index in [9.17, 15) is 4.39 Å². The van der Waals surface area contributed by atoms with Crippen LogP contribution in [0.25, 0.3) is 21.8 Å². The molecule has 0 saturated carbocycles. The highest BCUT2D eigenvalue weighted by atomic mass is 19.1. The van der Waals surface area contributed by atoms with Gasteiger partial charge in [0.25, 0.3) is 0 Å². The molecular formula is C20H15FN6. The van der Waals surface area contributed by atoms with Gasteiger partial charge in [-0.2, -0.15) is 10.2 Å². The predicted molar refractivity (Wildman–Crippen MR) is 102 cm³/mol. The van der Waals surface area contributed by atoms with Crippen molar-refractivity contribution in [1.29, 1.82) is 0 Å². The number of pyridine rings is 1. The Morgan fingerprint density at radius 3 is 2.85 bits per heavy atom. The summed E-state index contributed by atoms with van der Waals surface area (Å²) in [6.07, 6.45) is 5.28. The van der Waals surface area contributed by atoms with E-state index in [1.807, 2.05) is 30.3 Å². The Balaban J connectivity index is 1.48. The number of fused-ring (bicyclic) bond motifs is 2. The fourth-order valence-corrected chi connectivity index (χ4v) is 3.12. The van der Waals surface area contributed by atoms with Crippen molar-refractivity contribution in [2.24, 2.45) is 0 Å². The standard InChI is InChI=1S/C20H15FN6/c21-17-4-2-1-3-14(17)12-27-19-8-20(22-9-15(19)11-24-27)25-16-6-5-13-10-23-26-18(13)7-16/h1-11H,12H2,(H,22,25)(H,23,26). The number of aromatic amines is 1. The van der Waals surface area contributed by atoms with Crippen molar-refractivity contribution in [3.63, 3.8) is 0 Å². The molecule has 132 valence electrons. The zero-order chi connectivity index (χ0) is 18.2. The molecule has 7 heteroatoms. The van der Waals surface area contributed by atoms with Gasteiger partial charge in [-0.15, -0.1) is 0 Å². The molecule has 0 spiro atoms. The van der Waals surface area contributed by atoms with E-state index in [-0.39, 0.29) is 5.82 Å². The molecule has 0 bridgehead atoms. The maximum Gasteiger partial charge on any atom is 0.132 e. The van der Waals surface area contributed by atoms with Crippen LogP contribution in [0.1, 0.15) is 5.56 Å². The van der Waals surface area contributed by atoms with Crippen LogP contribution in [0.3, 0.4) is 0 Å². The molecule has 0 aliphatic heterocycles. The number of rotatable bonds is 4. The van der Waals surface area contributed by atoms with Gasteiger partial charge in [0, 0.05) is 34.3 Å². The van der Waals surface area contributed by atoms with Gasteiger partial charge in [0.05, 0.1) is 30.0 Å². The van der Waals surface area contributed by atoms with Crippen molar-refractivity contribution in [3.8, 4) is 0 Å². The Labute approximate surface area is 153 Å². The van der Waals surface area contributed by atoms with Crippen LogP contribution in [0.4, 0.5) is 15.9 Å². The molecule has 5 rings (SSSR count). The Morgan fingerprint density at radius 2 is 1.93 bits per heavy atom. The lowest BCUT2D eigenvalue weighted by Gasteiger charge is -2.08. The number of hydrogen-bond acceptors (Lipinski definition) is 4. The summed E-state index contributed by atoms with van der Waals surface area (Å²) < 4.78 is 15.8. The third-order valence-electron chi connectivity index (χ3n) is 4.52. The van der Waals surface area contributed by atoms with Crippen molar-refractivity contribution in [3.05, 3.63) is 78.5 Å². The topological polar surface area (TPSA) is 71.4 Å². The molecule has 0 radical (unpaired) electrons. The molecule has 5 aromatic rings. The van der Waals surface area contributed by atoms with Gasteiger partial charge in [-0.05, 0) is 24.3 Å². The van der Waals surface area contributed by atoms with Gasteiger partial charge in [-0.1, -0.05) is 18.2 Å². The molecule has 0 fully saturated rings. The molecule has 6 nitrogen and oxygen atoms in total. The zero-order valence-corrected chi connectivity index (χ0v) is 14.2. The van der Waals surface area contributed by atoms with E-state index < -0.39 is 0 Å². The number of H-pyrrole nitrogens is 1. The van der Waals surface area contributed by atoms with Crippen LogP contribution in [0, 0.1) is 5.82 Å². The second kappa shape index (κ2) is 6.21. The SMILES string of the molecule is Fc1ccccc1Cn1ncc2cnc(Nc3ccc4cn[nH]c4c3)cc21. The zero-order valence-electron chi connectivity index (χ0n) is 14.2. The van der Waals surface area contributed by atoms with Gasteiger partial charge in [0.15, 0.2) is 0 Å². The highest BCUT2D eigenvalue weighted by Gasteiger charge is 2.09. The molecular weight excluding hydrogens is 343 g/mol. The minimum Gasteiger partial charge on any atom is -0.340 e. The molecule has 0 unspecified atom stereocenters. The summed E-state index contributed by atoms with van der Waals surface area (Å²) in [4.78, 5) is 4.44. The van der Waals surface area contributed by atoms with Crippen molar-refractivity contribution in [2.45, 2.75) is 6.54 Å². The highest BCUT2D eigenvalue weighted by molar-refractivity contribution is 5.84. The summed E-state index contributed by atoms with van der Waals surface area (Å²) in [7, 11) is 0. The lowest BCUT2D eigenvalue weighted by atomic mass is 10.2. The molecule has 0 aliphatic rings. The summed E-state index contributed by atoms with van der Waals surface area (Å²) in [5, 5.41) is 16.6. The van der Waals surface area contributed by atoms with Gasteiger partial charge < -0.3 is 5.32 Å². The van der Waals surface area contributed by atoms with Crippen molar-refractivity contribution < 1.29 is 4.39 Å². The molecule has 0 saturated heterocycles. The highest BCUT2D eigenvalue weighted by Crippen LogP contribution is 2.23. The number of nitrogens with zero attached hydrogens (tertiary/aromatic N) is 4. The van der Waals surface area contributed by atoms with Gasteiger partial charge in [-0.3, -0.25) is 9.78 Å². The van der Waals surface area contributed by atoms with Crippen molar-refractivity contribution >= 4 is 33.3 Å². The second-order valence-electron chi connectivity index (χ2n) is 6.32. The van der Waals surface area contributed by atoms with Gasteiger partial charge in [0.2, 0.25) is 0 Å². The minimum absolute atomic E-state index is 0.235. The third-order valence-corrected chi connectivity index (χ3v) is 4.52. The van der Waals surface area contributed by atoms with Crippen LogP contribution in [-0.4, -0.2) is 25.0 Å². The average molecular weight is 358 g/mol. The Hall–Kier alpha value is -3.74. The van der Waals surface area contributed by atoms with E-state index in [0.29, 0.717) is 17.9 Å². The normalized spacial score (nSPS) is 11.3. The van der Waals surface area contributed by atoms with Crippen LogP contribution in [0.2, 0.25) is 0 Å². The quantitative estimate of drug-likeness (QED) is 0.504. The summed E-state index contributed by atoms with van der Waals surface area (Å²) >= 11 is 0. The van der Waals surface area contributed by atoms with Gasteiger partial charge in [0.1, 0.15) is 11.6 Å². The van der Waals surface area contributed by atoms with E-state index in [1.54, 1.807) is 35.4 Å². The molecule has 0 aliphatic carbocycles. The third kappa shape index (κ3) is 2.89. The molecule has 27 heavy (non-hydrogen) atoms. The fraction of sp³-hybridized carbons (Fsp3) is 0.0500. The van der Waals surface area contributed by atoms with Gasteiger partial charge >= 0.3 is 0 Å². The molecule has 3 heterocycles.